The molecule has 1 aromatic heterocycles. The molecule has 0 bridgehead atoms. The summed E-state index contributed by atoms with van der Waals surface area (Å²) >= 11 is 0. The van der Waals surface area contributed by atoms with E-state index in [1.807, 2.05) is 18.3 Å². The Labute approximate surface area is 124 Å². The number of nitrogens with zero attached hydrogens (tertiary/aromatic N) is 2. The number of carboxylic acid groups (broad SMARTS) is 1. The van der Waals surface area contributed by atoms with Gasteiger partial charge < -0.3 is 14.6 Å². The van der Waals surface area contributed by atoms with Gasteiger partial charge in [0.05, 0.1) is 5.41 Å². The van der Waals surface area contributed by atoms with Crippen molar-refractivity contribution in [2.75, 3.05) is 13.1 Å². The SMILES string of the molecule is CC1(C(=O)O)CCCN(C(=O)c2cccn2C2CCC2)C1. The average Bonchev–Trinajstić information content (AvgIpc) is 2.84. The average molecular weight is 290 g/mol. The fourth-order valence-electron chi connectivity index (χ4n) is 3.31. The highest BCUT2D eigenvalue weighted by molar-refractivity contribution is 5.93. The Kier molecular flexibility index (Phi) is 3.51. The van der Waals surface area contributed by atoms with Crippen LogP contribution in [0.1, 0.15) is 55.6 Å². The van der Waals surface area contributed by atoms with Gasteiger partial charge in [0.1, 0.15) is 5.69 Å². The molecule has 1 unspecified atom stereocenters. The molecule has 1 N–H and O–H groups in total. The lowest BCUT2D eigenvalue weighted by molar-refractivity contribution is -0.150. The molecule has 21 heavy (non-hydrogen) atoms. The number of carbonyl (C=O) groups is 2. The molecule has 5 nitrogen and oxygen atoms in total. The van der Waals surface area contributed by atoms with Crippen molar-refractivity contribution in [2.24, 2.45) is 5.41 Å². The zero-order valence-electron chi connectivity index (χ0n) is 12.4. The molecule has 1 aliphatic carbocycles. The lowest BCUT2D eigenvalue weighted by atomic mass is 9.82. The van der Waals surface area contributed by atoms with Crippen molar-refractivity contribution in [2.45, 2.75) is 45.1 Å². The van der Waals surface area contributed by atoms with E-state index in [1.165, 1.54) is 6.42 Å². The van der Waals surface area contributed by atoms with Gasteiger partial charge in [-0.2, -0.15) is 0 Å². The van der Waals surface area contributed by atoms with Gasteiger partial charge in [-0.25, -0.2) is 0 Å². The largest absolute Gasteiger partial charge is 0.481 e. The van der Waals surface area contributed by atoms with Crippen LogP contribution >= 0.6 is 0 Å². The second kappa shape index (κ2) is 5.20. The third kappa shape index (κ3) is 2.45. The summed E-state index contributed by atoms with van der Waals surface area (Å²) in [4.78, 5) is 25.9. The number of amides is 1. The molecular weight excluding hydrogens is 268 g/mol. The van der Waals surface area contributed by atoms with Crippen molar-refractivity contribution in [3.05, 3.63) is 24.0 Å². The van der Waals surface area contributed by atoms with Gasteiger partial charge in [0.25, 0.3) is 5.91 Å². The summed E-state index contributed by atoms with van der Waals surface area (Å²) in [6.45, 7) is 2.69. The zero-order chi connectivity index (χ0) is 15.0. The monoisotopic (exact) mass is 290 g/mol. The molecule has 114 valence electrons. The minimum absolute atomic E-state index is 0.0286. The Morgan fingerprint density at radius 2 is 2.10 bits per heavy atom. The first-order valence-corrected chi connectivity index (χ1v) is 7.71. The maximum atomic E-state index is 12.7. The van der Waals surface area contributed by atoms with Crippen molar-refractivity contribution in [3.63, 3.8) is 0 Å². The van der Waals surface area contributed by atoms with Crippen LogP contribution in [0.5, 0.6) is 0 Å². The second-order valence-electron chi connectivity index (χ2n) is 6.58. The molecule has 3 rings (SSSR count). The maximum absolute atomic E-state index is 12.7. The first-order valence-electron chi connectivity index (χ1n) is 7.71. The van der Waals surface area contributed by atoms with Crippen molar-refractivity contribution < 1.29 is 14.7 Å². The maximum Gasteiger partial charge on any atom is 0.311 e. The van der Waals surface area contributed by atoms with Crippen LogP contribution < -0.4 is 0 Å². The van der Waals surface area contributed by atoms with Gasteiger partial charge >= 0.3 is 5.97 Å². The van der Waals surface area contributed by atoms with Crippen molar-refractivity contribution in [1.29, 1.82) is 0 Å². The molecular formula is C16H22N2O3. The number of aliphatic carboxylic acids is 1. The van der Waals surface area contributed by atoms with Gasteiger partial charge in [0, 0.05) is 25.3 Å². The quantitative estimate of drug-likeness (QED) is 0.930. The third-order valence-electron chi connectivity index (χ3n) is 4.97. The van der Waals surface area contributed by atoms with E-state index < -0.39 is 11.4 Å². The molecule has 1 amide bonds. The van der Waals surface area contributed by atoms with Gasteiger partial charge in [-0.3, -0.25) is 9.59 Å². The first kappa shape index (κ1) is 14.2. The molecule has 0 aromatic carbocycles. The summed E-state index contributed by atoms with van der Waals surface area (Å²) in [5, 5.41) is 9.37. The lowest BCUT2D eigenvalue weighted by Crippen LogP contribution is -2.48. The van der Waals surface area contributed by atoms with Crippen LogP contribution in [-0.4, -0.2) is 39.5 Å². The zero-order valence-corrected chi connectivity index (χ0v) is 12.4. The van der Waals surface area contributed by atoms with E-state index in [-0.39, 0.29) is 5.91 Å². The number of piperidine rings is 1. The minimum Gasteiger partial charge on any atom is -0.481 e. The number of hydrogen-bond acceptors (Lipinski definition) is 2. The molecule has 1 saturated carbocycles. The van der Waals surface area contributed by atoms with Crippen molar-refractivity contribution >= 4 is 11.9 Å². The van der Waals surface area contributed by atoms with E-state index in [4.69, 9.17) is 0 Å². The highest BCUT2D eigenvalue weighted by atomic mass is 16.4. The van der Waals surface area contributed by atoms with E-state index in [9.17, 15) is 14.7 Å². The van der Waals surface area contributed by atoms with Gasteiger partial charge in [-0.05, 0) is 51.2 Å². The summed E-state index contributed by atoms with van der Waals surface area (Å²) < 4.78 is 2.07. The highest BCUT2D eigenvalue weighted by Gasteiger charge is 2.40. The van der Waals surface area contributed by atoms with E-state index in [2.05, 4.69) is 4.57 Å². The Balaban J connectivity index is 1.79. The van der Waals surface area contributed by atoms with Crippen LogP contribution in [0.25, 0.3) is 0 Å². The predicted molar refractivity (Wildman–Crippen MR) is 78.2 cm³/mol. The van der Waals surface area contributed by atoms with Crippen LogP contribution in [0.3, 0.4) is 0 Å². The molecule has 1 aromatic rings. The van der Waals surface area contributed by atoms with Crippen LogP contribution in [-0.2, 0) is 4.79 Å². The molecule has 2 fully saturated rings. The number of likely N-dealkylation sites (tertiary alicyclic amines) is 1. The van der Waals surface area contributed by atoms with Crippen molar-refractivity contribution in [1.82, 2.24) is 9.47 Å². The Morgan fingerprint density at radius 3 is 2.71 bits per heavy atom. The van der Waals surface area contributed by atoms with Gasteiger partial charge in [0.15, 0.2) is 0 Å². The molecule has 0 spiro atoms. The number of rotatable bonds is 3. The molecule has 5 heteroatoms. The van der Waals surface area contributed by atoms with E-state index in [1.54, 1.807) is 11.8 Å². The Hall–Kier alpha value is -1.78. The normalized spacial score (nSPS) is 26.4. The summed E-state index contributed by atoms with van der Waals surface area (Å²) in [6.07, 6.45) is 6.83. The summed E-state index contributed by atoms with van der Waals surface area (Å²) in [5.74, 6) is -0.839. The molecule has 2 aliphatic rings. The molecule has 0 radical (unpaired) electrons. The fourth-order valence-corrected chi connectivity index (χ4v) is 3.31. The van der Waals surface area contributed by atoms with Crippen LogP contribution in [0, 0.1) is 5.41 Å². The second-order valence-corrected chi connectivity index (χ2v) is 6.58. The van der Waals surface area contributed by atoms with E-state index in [0.717, 1.165) is 19.3 Å². The van der Waals surface area contributed by atoms with Crippen LogP contribution in [0.2, 0.25) is 0 Å². The fraction of sp³-hybridized carbons (Fsp3) is 0.625. The number of aromatic nitrogens is 1. The lowest BCUT2D eigenvalue weighted by Gasteiger charge is -2.38. The number of carboxylic acids is 1. The highest BCUT2D eigenvalue weighted by Crippen LogP contribution is 2.34. The van der Waals surface area contributed by atoms with Crippen LogP contribution in [0.15, 0.2) is 18.3 Å². The third-order valence-corrected chi connectivity index (χ3v) is 4.97. The summed E-state index contributed by atoms with van der Waals surface area (Å²) in [5.41, 5.74) is -0.115. The number of carbonyl (C=O) groups excluding carboxylic acids is 1. The minimum atomic E-state index is -0.818. The number of hydrogen-bond donors (Lipinski definition) is 1. The van der Waals surface area contributed by atoms with Crippen LogP contribution in [0.4, 0.5) is 0 Å². The predicted octanol–water partition coefficient (Wildman–Crippen LogP) is 2.54. The standard InChI is InChI=1S/C16H22N2O3/c1-16(15(20)21)8-4-9-17(11-16)14(19)13-7-3-10-18(13)12-5-2-6-12/h3,7,10,12H,2,4-6,8-9,11H2,1H3,(H,20,21). The smallest absolute Gasteiger partial charge is 0.311 e. The van der Waals surface area contributed by atoms with Gasteiger partial charge in [0.2, 0.25) is 0 Å². The Bertz CT molecular complexity index is 562. The van der Waals surface area contributed by atoms with Crippen molar-refractivity contribution in [3.8, 4) is 0 Å². The molecule has 2 heterocycles. The van der Waals surface area contributed by atoms with Gasteiger partial charge in [-0.15, -0.1) is 0 Å². The summed E-state index contributed by atoms with van der Waals surface area (Å²) in [7, 11) is 0. The molecule has 1 atom stereocenters. The summed E-state index contributed by atoms with van der Waals surface area (Å²) in [6, 6.07) is 4.20. The van der Waals surface area contributed by atoms with Gasteiger partial charge in [-0.1, -0.05) is 0 Å². The molecule has 1 saturated heterocycles. The first-order chi connectivity index (χ1) is 10.0. The molecule has 1 aliphatic heterocycles. The van der Waals surface area contributed by atoms with E-state index >= 15 is 0 Å². The van der Waals surface area contributed by atoms with E-state index in [0.29, 0.717) is 31.2 Å². The Morgan fingerprint density at radius 1 is 1.33 bits per heavy atom. The topological polar surface area (TPSA) is 62.5 Å².